The van der Waals surface area contributed by atoms with Crippen molar-refractivity contribution in [1.82, 2.24) is 20.2 Å². The molecule has 1 aliphatic heterocycles. The van der Waals surface area contributed by atoms with Gasteiger partial charge < -0.3 is 4.90 Å². The summed E-state index contributed by atoms with van der Waals surface area (Å²) >= 11 is 0. The van der Waals surface area contributed by atoms with Crippen molar-refractivity contribution in [3.63, 3.8) is 0 Å². The van der Waals surface area contributed by atoms with Gasteiger partial charge in [-0.15, -0.1) is 10.2 Å². The van der Waals surface area contributed by atoms with Crippen molar-refractivity contribution in [3.8, 4) is 17.2 Å². The van der Waals surface area contributed by atoms with E-state index < -0.39 is 11.9 Å². The highest BCUT2D eigenvalue weighted by molar-refractivity contribution is 5.64. The van der Waals surface area contributed by atoms with Crippen LogP contribution in [-0.4, -0.2) is 26.7 Å². The van der Waals surface area contributed by atoms with Crippen LogP contribution < -0.4 is 4.90 Å². The van der Waals surface area contributed by atoms with Gasteiger partial charge in [0.1, 0.15) is 6.07 Å². The number of aromatic nitrogens is 4. The Bertz CT molecular complexity index is 1100. The van der Waals surface area contributed by atoms with Crippen LogP contribution in [0.15, 0.2) is 24.4 Å². The molecule has 0 N–H and O–H groups in total. The molecule has 0 fully saturated rings. The van der Waals surface area contributed by atoms with E-state index in [1.54, 1.807) is 6.20 Å². The molecule has 0 bridgehead atoms. The molecular formula is C20H16F2N6. The van der Waals surface area contributed by atoms with Gasteiger partial charge in [0.15, 0.2) is 11.5 Å². The summed E-state index contributed by atoms with van der Waals surface area (Å²) in [6.07, 6.45) is 2.34. The summed E-state index contributed by atoms with van der Waals surface area (Å²) in [5.41, 5.74) is 4.98. The lowest BCUT2D eigenvalue weighted by atomic mass is 10.00. The van der Waals surface area contributed by atoms with E-state index in [2.05, 4.69) is 25.1 Å². The van der Waals surface area contributed by atoms with Gasteiger partial charge in [-0.1, -0.05) is 0 Å². The van der Waals surface area contributed by atoms with Crippen molar-refractivity contribution in [1.29, 1.82) is 5.26 Å². The fraction of sp³-hybridized carbons (Fsp3) is 0.250. The van der Waals surface area contributed by atoms with Crippen molar-refractivity contribution in [2.24, 2.45) is 0 Å². The van der Waals surface area contributed by atoms with Crippen LogP contribution >= 0.6 is 0 Å². The number of fused-ring (bicyclic) bond motifs is 1. The first kappa shape index (κ1) is 17.9. The third kappa shape index (κ3) is 3.16. The fourth-order valence-corrected chi connectivity index (χ4v) is 3.40. The first-order chi connectivity index (χ1) is 13.5. The van der Waals surface area contributed by atoms with Crippen LogP contribution in [0.4, 0.5) is 14.6 Å². The maximum absolute atomic E-state index is 13.5. The van der Waals surface area contributed by atoms with Gasteiger partial charge >= 0.3 is 0 Å². The highest BCUT2D eigenvalue weighted by atomic mass is 19.1. The second kappa shape index (κ2) is 6.93. The molecule has 6 nitrogen and oxygen atoms in total. The molecule has 0 spiro atoms. The van der Waals surface area contributed by atoms with E-state index in [9.17, 15) is 8.78 Å². The second-order valence-electron chi connectivity index (χ2n) is 6.74. The van der Waals surface area contributed by atoms with Gasteiger partial charge in [0.05, 0.1) is 0 Å². The SMILES string of the molecule is Cc1c(C#N)nnc(N2CCc3ncc(-c4cc(F)nc(F)c4)cc3C2)c1C. The molecule has 3 aromatic heterocycles. The van der Waals surface area contributed by atoms with Crippen LogP contribution in [0.1, 0.15) is 28.1 Å². The number of hydrogen-bond acceptors (Lipinski definition) is 6. The molecule has 0 radical (unpaired) electrons. The minimum atomic E-state index is -0.867. The van der Waals surface area contributed by atoms with Crippen molar-refractivity contribution in [2.75, 3.05) is 11.4 Å². The predicted molar refractivity (Wildman–Crippen MR) is 98.4 cm³/mol. The number of rotatable bonds is 2. The first-order valence-corrected chi connectivity index (χ1v) is 8.76. The Hall–Kier alpha value is -3.47. The van der Waals surface area contributed by atoms with Crippen molar-refractivity contribution >= 4 is 5.82 Å². The van der Waals surface area contributed by atoms with Crippen LogP contribution in [0.3, 0.4) is 0 Å². The monoisotopic (exact) mass is 378 g/mol. The molecule has 0 aliphatic carbocycles. The number of anilines is 1. The summed E-state index contributed by atoms with van der Waals surface area (Å²) in [7, 11) is 0. The van der Waals surface area contributed by atoms with E-state index in [1.165, 1.54) is 12.1 Å². The van der Waals surface area contributed by atoms with Gasteiger partial charge in [-0.05, 0) is 42.2 Å². The summed E-state index contributed by atoms with van der Waals surface area (Å²) in [4.78, 5) is 9.69. The van der Waals surface area contributed by atoms with Crippen LogP contribution in [0.2, 0.25) is 0 Å². The summed E-state index contributed by atoms with van der Waals surface area (Å²) in [6.45, 7) is 5.05. The predicted octanol–water partition coefficient (Wildman–Crippen LogP) is 3.26. The molecule has 140 valence electrons. The molecule has 4 heterocycles. The van der Waals surface area contributed by atoms with E-state index in [-0.39, 0.29) is 0 Å². The molecule has 28 heavy (non-hydrogen) atoms. The van der Waals surface area contributed by atoms with E-state index in [0.717, 1.165) is 41.2 Å². The summed E-state index contributed by atoms with van der Waals surface area (Å²) in [5.74, 6) is -1.00. The Morgan fingerprint density at radius 2 is 1.79 bits per heavy atom. The van der Waals surface area contributed by atoms with Crippen LogP contribution in [-0.2, 0) is 13.0 Å². The van der Waals surface area contributed by atoms with Crippen molar-refractivity contribution < 1.29 is 8.78 Å². The van der Waals surface area contributed by atoms with E-state index >= 15 is 0 Å². The Balaban J connectivity index is 1.69. The largest absolute Gasteiger partial charge is 0.350 e. The third-order valence-electron chi connectivity index (χ3n) is 5.04. The quantitative estimate of drug-likeness (QED) is 0.637. The topological polar surface area (TPSA) is 78.6 Å². The third-order valence-corrected chi connectivity index (χ3v) is 5.04. The fourth-order valence-electron chi connectivity index (χ4n) is 3.40. The van der Waals surface area contributed by atoms with Crippen molar-refractivity contribution in [3.05, 3.63) is 64.4 Å². The molecule has 0 aromatic carbocycles. The number of halogens is 2. The molecular weight excluding hydrogens is 362 g/mol. The summed E-state index contributed by atoms with van der Waals surface area (Å²) in [6, 6.07) is 6.31. The lowest BCUT2D eigenvalue weighted by Crippen LogP contribution is -2.32. The normalized spacial score (nSPS) is 13.2. The summed E-state index contributed by atoms with van der Waals surface area (Å²) in [5, 5.41) is 17.4. The Morgan fingerprint density at radius 3 is 2.50 bits per heavy atom. The average Bonchev–Trinajstić information content (AvgIpc) is 2.68. The van der Waals surface area contributed by atoms with Gasteiger partial charge in [0.25, 0.3) is 0 Å². The minimum absolute atomic E-state index is 0.323. The molecule has 4 rings (SSSR count). The Kier molecular flexibility index (Phi) is 4.43. The zero-order chi connectivity index (χ0) is 19.8. The van der Waals surface area contributed by atoms with Crippen LogP contribution in [0.5, 0.6) is 0 Å². The van der Waals surface area contributed by atoms with Gasteiger partial charge in [-0.2, -0.15) is 19.0 Å². The first-order valence-electron chi connectivity index (χ1n) is 8.76. The van der Waals surface area contributed by atoms with Gasteiger partial charge in [0.2, 0.25) is 11.9 Å². The zero-order valence-electron chi connectivity index (χ0n) is 15.4. The lowest BCUT2D eigenvalue weighted by Gasteiger charge is -2.30. The molecule has 0 unspecified atom stereocenters. The zero-order valence-corrected chi connectivity index (χ0v) is 15.4. The van der Waals surface area contributed by atoms with Gasteiger partial charge in [-0.3, -0.25) is 4.98 Å². The van der Waals surface area contributed by atoms with E-state index in [1.807, 2.05) is 26.0 Å². The molecule has 3 aromatic rings. The lowest BCUT2D eigenvalue weighted by molar-refractivity contribution is 0.513. The standard InChI is InChI=1S/C20H16F2N6/c1-11-12(2)20(27-26-17(11)8-23)28-4-3-16-15(10-28)5-14(9-24-16)13-6-18(21)25-19(22)7-13/h5-7,9H,3-4,10H2,1-2H3. The molecule has 0 atom stereocenters. The smallest absolute Gasteiger partial charge is 0.216 e. The number of hydrogen-bond donors (Lipinski definition) is 0. The highest BCUT2D eigenvalue weighted by Gasteiger charge is 2.22. The van der Waals surface area contributed by atoms with E-state index in [0.29, 0.717) is 23.4 Å². The van der Waals surface area contributed by atoms with Gasteiger partial charge in [-0.25, -0.2) is 0 Å². The van der Waals surface area contributed by atoms with Crippen molar-refractivity contribution in [2.45, 2.75) is 26.8 Å². The Labute approximate surface area is 160 Å². The van der Waals surface area contributed by atoms with Gasteiger partial charge in [0, 0.05) is 49.1 Å². The average molecular weight is 378 g/mol. The maximum Gasteiger partial charge on any atom is 0.216 e. The number of pyridine rings is 2. The molecule has 8 heteroatoms. The molecule has 0 amide bonds. The summed E-state index contributed by atoms with van der Waals surface area (Å²) < 4.78 is 26.9. The second-order valence-corrected chi connectivity index (χ2v) is 6.74. The molecule has 0 saturated heterocycles. The maximum atomic E-state index is 13.5. The minimum Gasteiger partial charge on any atom is -0.350 e. The van der Waals surface area contributed by atoms with Crippen LogP contribution in [0, 0.1) is 37.1 Å². The highest BCUT2D eigenvalue weighted by Crippen LogP contribution is 2.29. The van der Waals surface area contributed by atoms with E-state index in [4.69, 9.17) is 5.26 Å². The van der Waals surface area contributed by atoms with Crippen LogP contribution in [0.25, 0.3) is 11.1 Å². The number of nitriles is 1. The number of nitrogens with zero attached hydrogens (tertiary/aromatic N) is 6. The molecule has 1 aliphatic rings. The molecule has 0 saturated carbocycles. The Morgan fingerprint density at radius 1 is 1.04 bits per heavy atom.